The number of para-hydroxylation sites is 1. The summed E-state index contributed by atoms with van der Waals surface area (Å²) in [5.41, 5.74) is 2.32. The summed E-state index contributed by atoms with van der Waals surface area (Å²) < 4.78 is 27.0. The van der Waals surface area contributed by atoms with Crippen LogP contribution in [0.2, 0.25) is 0 Å². The molecular weight excluding hydrogens is 499 g/mol. The number of fused-ring (bicyclic) bond motifs is 1. The van der Waals surface area contributed by atoms with Crippen molar-refractivity contribution in [2.75, 3.05) is 39.5 Å². The maximum atomic E-state index is 13.5. The van der Waals surface area contributed by atoms with Gasteiger partial charge in [-0.25, -0.2) is 4.39 Å². The van der Waals surface area contributed by atoms with Gasteiger partial charge in [0.05, 0.1) is 24.5 Å². The molecule has 3 aromatic rings. The van der Waals surface area contributed by atoms with Gasteiger partial charge in [0, 0.05) is 44.3 Å². The van der Waals surface area contributed by atoms with Gasteiger partial charge in [0.25, 0.3) is 11.8 Å². The number of carbonyl (C=O) groups excluding carboxylic acids is 2. The minimum Gasteiger partial charge on any atom is -0.492 e. The summed E-state index contributed by atoms with van der Waals surface area (Å²) in [4.78, 5) is 28.1. The van der Waals surface area contributed by atoms with Crippen molar-refractivity contribution in [3.63, 3.8) is 0 Å². The van der Waals surface area contributed by atoms with E-state index in [1.807, 2.05) is 23.1 Å². The number of aromatic nitrogens is 2. The van der Waals surface area contributed by atoms with Gasteiger partial charge < -0.3 is 19.7 Å². The first-order chi connectivity index (χ1) is 18.9. The number of piperidine rings is 1. The SMILES string of the molecule is Cn1nc(-c2ccc(F)cc2)cc1C(=O)N1CCC2(CCCCOCCNC(=O)c3ccccc3OC2)CC1. The molecule has 206 valence electrons. The summed E-state index contributed by atoms with van der Waals surface area (Å²) >= 11 is 0. The molecule has 8 nitrogen and oxygen atoms in total. The van der Waals surface area contributed by atoms with E-state index in [0.29, 0.717) is 62.2 Å². The molecule has 2 aromatic carbocycles. The lowest BCUT2D eigenvalue weighted by atomic mass is 9.75. The van der Waals surface area contributed by atoms with E-state index in [9.17, 15) is 14.0 Å². The number of hydrogen-bond donors (Lipinski definition) is 1. The summed E-state index contributed by atoms with van der Waals surface area (Å²) in [5, 5.41) is 7.40. The Bertz CT molecular complexity index is 1300. The van der Waals surface area contributed by atoms with Crippen LogP contribution in [0.15, 0.2) is 54.6 Å². The normalized spacial score (nSPS) is 18.5. The molecule has 2 amide bonds. The minimum absolute atomic E-state index is 0.0644. The van der Waals surface area contributed by atoms with Gasteiger partial charge in [0.2, 0.25) is 0 Å². The molecule has 0 aliphatic carbocycles. The van der Waals surface area contributed by atoms with E-state index in [1.165, 1.54) is 12.1 Å². The van der Waals surface area contributed by atoms with Gasteiger partial charge in [-0.2, -0.15) is 5.10 Å². The lowest BCUT2D eigenvalue weighted by Gasteiger charge is -2.42. The number of halogens is 1. The first-order valence-corrected chi connectivity index (χ1v) is 13.6. The third-order valence-electron chi connectivity index (χ3n) is 7.79. The summed E-state index contributed by atoms with van der Waals surface area (Å²) in [6, 6.07) is 15.2. The van der Waals surface area contributed by atoms with Crippen molar-refractivity contribution in [2.24, 2.45) is 12.5 Å². The van der Waals surface area contributed by atoms with Crippen molar-refractivity contribution in [3.05, 3.63) is 71.7 Å². The molecule has 1 aromatic heterocycles. The number of ether oxygens (including phenoxy) is 2. The highest BCUT2D eigenvalue weighted by Crippen LogP contribution is 2.38. The van der Waals surface area contributed by atoms with Gasteiger partial charge in [-0.15, -0.1) is 0 Å². The lowest BCUT2D eigenvalue weighted by molar-refractivity contribution is 0.0334. The fraction of sp³-hybridized carbons (Fsp3) is 0.433. The molecule has 1 N–H and O–H groups in total. The molecule has 9 heteroatoms. The van der Waals surface area contributed by atoms with E-state index >= 15 is 0 Å². The molecule has 1 fully saturated rings. The Morgan fingerprint density at radius 3 is 2.59 bits per heavy atom. The molecule has 3 heterocycles. The molecule has 39 heavy (non-hydrogen) atoms. The first-order valence-electron chi connectivity index (χ1n) is 13.6. The topological polar surface area (TPSA) is 85.7 Å². The van der Waals surface area contributed by atoms with Crippen LogP contribution in [0.3, 0.4) is 0 Å². The van der Waals surface area contributed by atoms with E-state index in [4.69, 9.17) is 9.47 Å². The number of benzene rings is 2. The summed E-state index contributed by atoms with van der Waals surface area (Å²) in [6.07, 6.45) is 4.52. The van der Waals surface area contributed by atoms with Crippen LogP contribution in [0, 0.1) is 11.2 Å². The fourth-order valence-electron chi connectivity index (χ4n) is 5.39. The molecule has 5 rings (SSSR count). The Labute approximate surface area is 228 Å². The van der Waals surface area contributed by atoms with Gasteiger partial charge >= 0.3 is 0 Å². The number of hydrogen-bond acceptors (Lipinski definition) is 5. The fourth-order valence-corrected chi connectivity index (χ4v) is 5.39. The average Bonchev–Trinajstić information content (AvgIpc) is 3.35. The molecule has 0 bridgehead atoms. The summed E-state index contributed by atoms with van der Waals surface area (Å²) in [5.74, 6) is 0.0330. The van der Waals surface area contributed by atoms with Crippen molar-refractivity contribution in [1.82, 2.24) is 20.0 Å². The van der Waals surface area contributed by atoms with E-state index in [0.717, 1.165) is 37.7 Å². The number of aryl methyl sites for hydroxylation is 1. The average molecular weight is 535 g/mol. The first kappa shape index (κ1) is 26.9. The van der Waals surface area contributed by atoms with Crippen molar-refractivity contribution in [3.8, 4) is 17.0 Å². The second kappa shape index (κ2) is 12.0. The van der Waals surface area contributed by atoms with Crippen LogP contribution >= 0.6 is 0 Å². The molecular formula is C30H35FN4O4. The lowest BCUT2D eigenvalue weighted by Crippen LogP contribution is -2.46. The molecule has 2 aliphatic heterocycles. The van der Waals surface area contributed by atoms with Gasteiger partial charge in [0.15, 0.2) is 0 Å². The molecule has 1 saturated heterocycles. The number of likely N-dealkylation sites (tertiary alicyclic amines) is 1. The largest absolute Gasteiger partial charge is 0.492 e. The molecule has 0 unspecified atom stereocenters. The maximum Gasteiger partial charge on any atom is 0.272 e. The van der Waals surface area contributed by atoms with Crippen molar-refractivity contribution >= 4 is 11.8 Å². The van der Waals surface area contributed by atoms with E-state index in [1.54, 1.807) is 36.0 Å². The van der Waals surface area contributed by atoms with Gasteiger partial charge in [-0.1, -0.05) is 18.6 Å². The van der Waals surface area contributed by atoms with Crippen LogP contribution in [-0.4, -0.2) is 65.9 Å². The number of rotatable bonds is 2. The molecule has 0 radical (unpaired) electrons. The summed E-state index contributed by atoms with van der Waals surface area (Å²) in [6.45, 7) is 3.30. The van der Waals surface area contributed by atoms with Crippen LogP contribution in [0.25, 0.3) is 11.3 Å². The Balaban J connectivity index is 1.29. The van der Waals surface area contributed by atoms with E-state index < -0.39 is 0 Å². The predicted octanol–water partition coefficient (Wildman–Crippen LogP) is 4.46. The molecule has 0 atom stereocenters. The Kier molecular flexibility index (Phi) is 8.26. The van der Waals surface area contributed by atoms with Crippen LogP contribution in [0.5, 0.6) is 5.75 Å². The maximum absolute atomic E-state index is 13.5. The standard InChI is InChI=1S/C30H35FN4O4/c1-34-26(20-25(33-34)22-8-10-23(31)11-9-22)29(37)35-16-13-30(14-17-35)12-4-5-18-38-19-15-32-28(36)24-6-2-3-7-27(24)39-21-30/h2-3,6-11,20H,4-5,12-19,21H2,1H3,(H,32,36). The number of nitrogens with zero attached hydrogens (tertiary/aromatic N) is 3. The zero-order chi connectivity index (χ0) is 27.2. The zero-order valence-electron chi connectivity index (χ0n) is 22.3. The van der Waals surface area contributed by atoms with Crippen molar-refractivity contribution in [1.29, 1.82) is 0 Å². The third kappa shape index (κ3) is 6.30. The number of nitrogens with one attached hydrogen (secondary N) is 1. The predicted molar refractivity (Wildman–Crippen MR) is 145 cm³/mol. The van der Waals surface area contributed by atoms with Gasteiger partial charge in [-0.3, -0.25) is 14.3 Å². The quantitative estimate of drug-likeness (QED) is 0.525. The highest BCUT2D eigenvalue weighted by atomic mass is 19.1. The second-order valence-electron chi connectivity index (χ2n) is 10.4. The van der Waals surface area contributed by atoms with Crippen LogP contribution < -0.4 is 10.1 Å². The highest BCUT2D eigenvalue weighted by Gasteiger charge is 2.37. The Morgan fingerprint density at radius 1 is 1.03 bits per heavy atom. The van der Waals surface area contributed by atoms with Crippen LogP contribution in [0.1, 0.15) is 53.0 Å². The van der Waals surface area contributed by atoms with Crippen molar-refractivity contribution in [2.45, 2.75) is 32.1 Å². The zero-order valence-corrected chi connectivity index (χ0v) is 22.3. The summed E-state index contributed by atoms with van der Waals surface area (Å²) in [7, 11) is 1.76. The third-order valence-corrected chi connectivity index (χ3v) is 7.79. The van der Waals surface area contributed by atoms with Crippen LogP contribution in [0.4, 0.5) is 4.39 Å². The monoisotopic (exact) mass is 534 g/mol. The Morgan fingerprint density at radius 2 is 1.79 bits per heavy atom. The van der Waals surface area contributed by atoms with E-state index in [2.05, 4.69) is 10.4 Å². The van der Waals surface area contributed by atoms with Gasteiger partial charge in [-0.05, 0) is 68.1 Å². The number of carbonyl (C=O) groups is 2. The molecule has 1 spiro atoms. The van der Waals surface area contributed by atoms with Crippen LogP contribution in [-0.2, 0) is 11.8 Å². The smallest absolute Gasteiger partial charge is 0.272 e. The molecule has 0 saturated carbocycles. The Hall–Kier alpha value is -3.72. The van der Waals surface area contributed by atoms with Gasteiger partial charge in [0.1, 0.15) is 17.3 Å². The highest BCUT2D eigenvalue weighted by molar-refractivity contribution is 5.97. The van der Waals surface area contributed by atoms with Crippen molar-refractivity contribution < 1.29 is 23.5 Å². The minimum atomic E-state index is -0.311. The second-order valence-corrected chi connectivity index (χ2v) is 10.4. The number of amides is 2. The van der Waals surface area contributed by atoms with E-state index in [-0.39, 0.29) is 23.0 Å². The molecule has 2 aliphatic rings.